The molecule has 0 radical (unpaired) electrons. The number of hydrogen-bond donors (Lipinski definition) is 1. The number of carboxylic acid groups (broad SMARTS) is 1. The highest BCUT2D eigenvalue weighted by molar-refractivity contribution is 7.20. The monoisotopic (exact) mass is 349 g/mol. The zero-order valence-corrected chi connectivity index (χ0v) is 13.3. The average Bonchev–Trinajstić information content (AvgIpc) is 2.99. The van der Waals surface area contributed by atoms with Crippen molar-refractivity contribution in [2.24, 2.45) is 11.3 Å². The van der Waals surface area contributed by atoms with Gasteiger partial charge in [0.2, 0.25) is 0 Å². The fourth-order valence-electron chi connectivity index (χ4n) is 3.11. The van der Waals surface area contributed by atoms with Gasteiger partial charge in [0.05, 0.1) is 21.9 Å². The van der Waals surface area contributed by atoms with Gasteiger partial charge < -0.3 is 14.7 Å². The molecule has 2 atom stereocenters. The molecule has 3 heterocycles. The summed E-state index contributed by atoms with van der Waals surface area (Å²) in [6.45, 7) is 1.35. The van der Waals surface area contributed by atoms with Gasteiger partial charge in [0.25, 0.3) is 5.91 Å². The van der Waals surface area contributed by atoms with E-state index < -0.39 is 11.4 Å². The molecule has 3 rings (SSSR count). The number of rotatable bonds is 2. The molecule has 1 N–H and O–H groups in total. The molecule has 1 aromatic rings. The lowest BCUT2D eigenvalue weighted by molar-refractivity contribution is -0.157. The summed E-state index contributed by atoms with van der Waals surface area (Å²) in [6, 6.07) is 1.53. The first-order valence-electron chi connectivity index (χ1n) is 6.49. The van der Waals surface area contributed by atoms with Crippen molar-refractivity contribution >= 4 is 46.4 Å². The van der Waals surface area contributed by atoms with Gasteiger partial charge in [-0.2, -0.15) is 0 Å². The Labute approximate surface area is 135 Å². The summed E-state index contributed by atoms with van der Waals surface area (Å²) in [5, 5.41) is 9.59. The van der Waals surface area contributed by atoms with E-state index in [1.54, 1.807) is 4.90 Å². The number of aliphatic carboxylic acids is 1. The number of likely N-dealkylation sites (tertiary alicyclic amines) is 1. The summed E-state index contributed by atoms with van der Waals surface area (Å²) in [5.41, 5.74) is -0.563. The van der Waals surface area contributed by atoms with Gasteiger partial charge in [-0.3, -0.25) is 9.59 Å². The first kappa shape index (κ1) is 15.1. The number of amides is 1. The molecule has 2 saturated heterocycles. The summed E-state index contributed by atoms with van der Waals surface area (Å²) < 4.78 is 6.15. The number of thiophene rings is 1. The maximum atomic E-state index is 12.5. The van der Waals surface area contributed by atoms with E-state index in [4.69, 9.17) is 27.9 Å². The third-order valence-electron chi connectivity index (χ3n) is 4.31. The lowest BCUT2D eigenvalue weighted by atomic mass is 9.74. The molecule has 8 heteroatoms. The molecular formula is C13H13Cl2NO4S. The summed E-state index contributed by atoms with van der Waals surface area (Å²) in [7, 11) is 0. The van der Waals surface area contributed by atoms with Crippen molar-refractivity contribution in [1.82, 2.24) is 4.90 Å². The number of carbonyl (C=O) groups excluding carboxylic acids is 1. The van der Waals surface area contributed by atoms with E-state index in [-0.39, 0.29) is 18.4 Å². The Kier molecular flexibility index (Phi) is 3.90. The van der Waals surface area contributed by atoms with Gasteiger partial charge in [0.15, 0.2) is 0 Å². The highest BCUT2D eigenvalue weighted by atomic mass is 35.5. The van der Waals surface area contributed by atoms with Crippen LogP contribution < -0.4 is 0 Å². The van der Waals surface area contributed by atoms with Crippen LogP contribution in [0.1, 0.15) is 16.8 Å². The second-order valence-corrected chi connectivity index (χ2v) is 7.69. The fraction of sp³-hybridized carbons (Fsp3) is 0.538. The highest BCUT2D eigenvalue weighted by Gasteiger charge is 2.55. The molecule has 1 aromatic heterocycles. The predicted molar refractivity (Wildman–Crippen MR) is 79.2 cm³/mol. The van der Waals surface area contributed by atoms with E-state index in [2.05, 4.69) is 0 Å². The molecule has 21 heavy (non-hydrogen) atoms. The SMILES string of the molecule is O=C(c1cc(Cl)sc1Cl)N1C[C@H]2COCC[C@@]2(C(=O)O)C1. The molecule has 0 saturated carbocycles. The molecule has 0 unspecified atom stereocenters. The molecule has 114 valence electrons. The second kappa shape index (κ2) is 5.43. The van der Waals surface area contributed by atoms with Crippen LogP contribution in [0.5, 0.6) is 0 Å². The molecule has 0 spiro atoms. The lowest BCUT2D eigenvalue weighted by Gasteiger charge is -2.33. The fourth-order valence-corrected chi connectivity index (χ4v) is 4.56. The smallest absolute Gasteiger partial charge is 0.311 e. The summed E-state index contributed by atoms with van der Waals surface area (Å²) in [5.74, 6) is -1.31. The zero-order valence-electron chi connectivity index (χ0n) is 11.0. The third-order valence-corrected chi connectivity index (χ3v) is 5.79. The van der Waals surface area contributed by atoms with Crippen LogP contribution in [0.4, 0.5) is 0 Å². The molecular weight excluding hydrogens is 337 g/mol. The van der Waals surface area contributed by atoms with E-state index in [1.165, 1.54) is 6.07 Å². The second-order valence-electron chi connectivity index (χ2n) is 5.41. The van der Waals surface area contributed by atoms with Crippen molar-refractivity contribution in [3.05, 3.63) is 20.3 Å². The molecule has 1 amide bonds. The van der Waals surface area contributed by atoms with E-state index in [9.17, 15) is 14.7 Å². The molecule has 5 nitrogen and oxygen atoms in total. The number of carboxylic acids is 1. The maximum absolute atomic E-state index is 12.5. The Morgan fingerprint density at radius 1 is 1.48 bits per heavy atom. The number of hydrogen-bond acceptors (Lipinski definition) is 4. The van der Waals surface area contributed by atoms with Gasteiger partial charge in [0.1, 0.15) is 4.34 Å². The number of nitrogens with zero attached hydrogens (tertiary/aromatic N) is 1. The Morgan fingerprint density at radius 2 is 2.24 bits per heavy atom. The van der Waals surface area contributed by atoms with Crippen LogP contribution in [0.15, 0.2) is 6.07 Å². The standard InChI is InChI=1S/C13H13Cl2NO4S/c14-9-3-8(10(15)21-9)11(17)16-4-7-5-20-2-1-13(7,6-16)12(18)19/h3,7H,1-2,4-6H2,(H,18,19)/t7-,13+/m0/s1. The van der Waals surface area contributed by atoms with E-state index in [0.29, 0.717) is 40.4 Å². The first-order chi connectivity index (χ1) is 9.94. The molecule has 0 aromatic carbocycles. The van der Waals surface area contributed by atoms with Crippen LogP contribution in [0, 0.1) is 11.3 Å². The van der Waals surface area contributed by atoms with Gasteiger partial charge >= 0.3 is 5.97 Å². The minimum absolute atomic E-state index is 0.180. The Balaban J connectivity index is 1.87. The van der Waals surface area contributed by atoms with E-state index >= 15 is 0 Å². The maximum Gasteiger partial charge on any atom is 0.311 e. The molecule has 0 aliphatic carbocycles. The van der Waals surface area contributed by atoms with Gasteiger partial charge in [0, 0.05) is 25.6 Å². The van der Waals surface area contributed by atoms with Crippen LogP contribution in [0.25, 0.3) is 0 Å². The Hall–Kier alpha value is -0.820. The number of fused-ring (bicyclic) bond motifs is 1. The van der Waals surface area contributed by atoms with Gasteiger partial charge in [-0.25, -0.2) is 0 Å². The Bertz CT molecular complexity index is 605. The summed E-state index contributed by atoms with van der Waals surface area (Å²) in [4.78, 5) is 25.8. The van der Waals surface area contributed by atoms with Crippen molar-refractivity contribution in [3.8, 4) is 0 Å². The quantitative estimate of drug-likeness (QED) is 0.891. The summed E-state index contributed by atoms with van der Waals surface area (Å²) in [6.07, 6.45) is 0.426. The van der Waals surface area contributed by atoms with Gasteiger partial charge in [-0.15, -0.1) is 11.3 Å². The van der Waals surface area contributed by atoms with Crippen LogP contribution >= 0.6 is 34.5 Å². The van der Waals surface area contributed by atoms with Crippen LogP contribution in [0.2, 0.25) is 8.67 Å². The van der Waals surface area contributed by atoms with E-state index in [0.717, 1.165) is 11.3 Å². The van der Waals surface area contributed by atoms with Crippen molar-refractivity contribution in [2.45, 2.75) is 6.42 Å². The highest BCUT2D eigenvalue weighted by Crippen LogP contribution is 2.43. The van der Waals surface area contributed by atoms with Crippen LogP contribution in [-0.4, -0.2) is 48.2 Å². The van der Waals surface area contributed by atoms with Crippen molar-refractivity contribution in [3.63, 3.8) is 0 Å². The molecule has 2 aliphatic heterocycles. The zero-order chi connectivity index (χ0) is 15.2. The molecule has 2 fully saturated rings. The first-order valence-corrected chi connectivity index (χ1v) is 8.06. The molecule has 0 bridgehead atoms. The van der Waals surface area contributed by atoms with Crippen molar-refractivity contribution < 1.29 is 19.4 Å². The Morgan fingerprint density at radius 3 is 2.81 bits per heavy atom. The van der Waals surface area contributed by atoms with Gasteiger partial charge in [-0.05, 0) is 12.5 Å². The molecule has 2 aliphatic rings. The predicted octanol–water partition coefficient (Wildman–Crippen LogP) is 2.62. The minimum Gasteiger partial charge on any atom is -0.481 e. The average molecular weight is 350 g/mol. The lowest BCUT2D eigenvalue weighted by Crippen LogP contribution is -2.45. The largest absolute Gasteiger partial charge is 0.481 e. The van der Waals surface area contributed by atoms with Crippen LogP contribution in [-0.2, 0) is 9.53 Å². The third kappa shape index (κ3) is 2.44. The number of halogens is 2. The van der Waals surface area contributed by atoms with Crippen LogP contribution in [0.3, 0.4) is 0 Å². The van der Waals surface area contributed by atoms with Gasteiger partial charge in [-0.1, -0.05) is 23.2 Å². The number of ether oxygens (including phenoxy) is 1. The normalized spacial score (nSPS) is 28.5. The minimum atomic E-state index is -0.903. The topological polar surface area (TPSA) is 66.8 Å². The van der Waals surface area contributed by atoms with E-state index in [1.807, 2.05) is 0 Å². The van der Waals surface area contributed by atoms with Crippen molar-refractivity contribution in [2.75, 3.05) is 26.3 Å². The number of carbonyl (C=O) groups is 2. The summed E-state index contributed by atoms with van der Waals surface area (Å²) >= 11 is 13.0. The van der Waals surface area contributed by atoms with Crippen molar-refractivity contribution in [1.29, 1.82) is 0 Å².